The molecule has 11 nitrogen and oxygen atoms in total. The van der Waals surface area contributed by atoms with E-state index in [2.05, 4.69) is 19.9 Å². The van der Waals surface area contributed by atoms with Crippen molar-refractivity contribution >= 4 is 23.9 Å². The molecule has 0 saturated heterocycles. The normalized spacial score (nSPS) is 12.9. The summed E-state index contributed by atoms with van der Waals surface area (Å²) in [6, 6.07) is 7.11. The second kappa shape index (κ2) is 13.3. The van der Waals surface area contributed by atoms with Crippen molar-refractivity contribution in [2.75, 3.05) is 18.0 Å². The highest BCUT2D eigenvalue weighted by Gasteiger charge is 2.38. The van der Waals surface area contributed by atoms with E-state index in [0.717, 1.165) is 29.9 Å². The average Bonchev–Trinajstić information content (AvgIpc) is 3.11. The third-order valence-corrected chi connectivity index (χ3v) is 4.96. The van der Waals surface area contributed by atoms with Gasteiger partial charge in [-0.05, 0) is 36.2 Å². The van der Waals surface area contributed by atoms with Crippen molar-refractivity contribution in [1.82, 2.24) is 19.9 Å². The first kappa shape index (κ1) is 31.4. The van der Waals surface area contributed by atoms with Crippen LogP contribution in [0.4, 0.5) is 32.3 Å². The summed E-state index contributed by atoms with van der Waals surface area (Å²) in [5, 5.41) is 23.9. The summed E-state index contributed by atoms with van der Waals surface area (Å²) in [5.74, 6) is -5.80. The van der Waals surface area contributed by atoms with Gasteiger partial charge < -0.3 is 20.2 Å². The van der Waals surface area contributed by atoms with Crippen molar-refractivity contribution in [3.05, 3.63) is 65.9 Å². The Bertz CT molecular complexity index is 1300. The first-order chi connectivity index (χ1) is 18.6. The van der Waals surface area contributed by atoms with Crippen molar-refractivity contribution in [3.63, 3.8) is 0 Å². The molecule has 0 amide bonds. The second-order valence-electron chi connectivity index (χ2n) is 7.67. The third-order valence-electron chi connectivity index (χ3n) is 4.96. The Hall–Kier alpha value is -4.83. The maximum Gasteiger partial charge on any atom is 0.490 e. The van der Waals surface area contributed by atoms with Crippen LogP contribution >= 0.6 is 0 Å². The number of carboxylic acid groups (broad SMARTS) is 3. The van der Waals surface area contributed by atoms with E-state index in [0.29, 0.717) is 24.5 Å². The predicted molar refractivity (Wildman–Crippen MR) is 123 cm³/mol. The number of hydrogen-bond acceptors (Lipinski definition) is 8. The van der Waals surface area contributed by atoms with Crippen LogP contribution in [0.5, 0.6) is 0 Å². The summed E-state index contributed by atoms with van der Waals surface area (Å²) in [6.45, 7) is 1.47. The van der Waals surface area contributed by atoms with Gasteiger partial charge in [-0.2, -0.15) is 26.3 Å². The Morgan fingerprint density at radius 1 is 0.800 bits per heavy atom. The van der Waals surface area contributed by atoms with Gasteiger partial charge in [-0.1, -0.05) is 0 Å². The van der Waals surface area contributed by atoms with Crippen LogP contribution in [-0.2, 0) is 22.4 Å². The van der Waals surface area contributed by atoms with Crippen LogP contribution in [0, 0.1) is 0 Å². The van der Waals surface area contributed by atoms with Crippen LogP contribution < -0.4 is 4.90 Å². The Morgan fingerprint density at radius 2 is 1.30 bits per heavy atom. The van der Waals surface area contributed by atoms with Crippen LogP contribution in [0.15, 0.2) is 49.1 Å². The number of carbonyl (C=O) groups is 3. The van der Waals surface area contributed by atoms with Gasteiger partial charge in [0, 0.05) is 55.6 Å². The summed E-state index contributed by atoms with van der Waals surface area (Å²) in [5.41, 5.74) is 3.37. The molecule has 4 rings (SSSR count). The molecule has 214 valence electrons. The maximum absolute atomic E-state index is 11.8. The zero-order valence-electron chi connectivity index (χ0n) is 20.0. The lowest BCUT2D eigenvalue weighted by Gasteiger charge is -2.19. The SMILES string of the molecule is O=C(O)C(F)(F)F.O=C(O)C(F)(F)F.O=C(O)c1cc2c(nc1-c1ccncc1)CCN(c1ncccn1)CC2. The van der Waals surface area contributed by atoms with Crippen LogP contribution in [0.25, 0.3) is 11.3 Å². The average molecular weight is 575 g/mol. The first-order valence-electron chi connectivity index (χ1n) is 10.9. The molecule has 0 aromatic carbocycles. The number of hydrogen-bond donors (Lipinski definition) is 3. The van der Waals surface area contributed by atoms with Crippen molar-refractivity contribution in [2.45, 2.75) is 25.2 Å². The minimum absolute atomic E-state index is 0.222. The monoisotopic (exact) mass is 575 g/mol. The van der Waals surface area contributed by atoms with Gasteiger partial charge in [0.1, 0.15) is 0 Å². The highest BCUT2D eigenvalue weighted by atomic mass is 19.4. The van der Waals surface area contributed by atoms with Gasteiger partial charge in [-0.25, -0.2) is 24.4 Å². The number of nitrogens with zero attached hydrogens (tertiary/aromatic N) is 5. The smallest absolute Gasteiger partial charge is 0.478 e. The lowest BCUT2D eigenvalue weighted by Crippen LogP contribution is -2.27. The fourth-order valence-corrected chi connectivity index (χ4v) is 3.18. The molecule has 1 aliphatic heterocycles. The molecule has 0 saturated carbocycles. The van der Waals surface area contributed by atoms with E-state index in [-0.39, 0.29) is 5.56 Å². The highest BCUT2D eigenvalue weighted by molar-refractivity contribution is 5.95. The minimum Gasteiger partial charge on any atom is -0.478 e. The molecule has 0 atom stereocenters. The van der Waals surface area contributed by atoms with Gasteiger partial charge in [0.25, 0.3) is 0 Å². The number of pyridine rings is 2. The molecule has 3 aromatic heterocycles. The molecule has 3 aromatic rings. The Labute approximate surface area is 220 Å². The van der Waals surface area contributed by atoms with E-state index < -0.39 is 30.3 Å². The lowest BCUT2D eigenvalue weighted by molar-refractivity contribution is -0.193. The lowest BCUT2D eigenvalue weighted by atomic mass is 10.0. The van der Waals surface area contributed by atoms with Gasteiger partial charge in [0.15, 0.2) is 0 Å². The fraction of sp³-hybridized carbons (Fsp3) is 0.261. The first-order valence-corrected chi connectivity index (χ1v) is 10.9. The molecule has 17 heteroatoms. The third kappa shape index (κ3) is 9.17. The highest BCUT2D eigenvalue weighted by Crippen LogP contribution is 2.26. The molecule has 0 fully saturated rings. The quantitative estimate of drug-likeness (QED) is 0.391. The van der Waals surface area contributed by atoms with Crippen LogP contribution in [0.3, 0.4) is 0 Å². The Morgan fingerprint density at radius 3 is 1.77 bits per heavy atom. The van der Waals surface area contributed by atoms with E-state index in [4.69, 9.17) is 24.8 Å². The number of aliphatic carboxylic acids is 2. The molecule has 0 spiro atoms. The molecule has 0 aliphatic carbocycles. The van der Waals surface area contributed by atoms with Crippen molar-refractivity contribution in [1.29, 1.82) is 0 Å². The summed E-state index contributed by atoms with van der Waals surface area (Å²) >= 11 is 0. The molecule has 0 radical (unpaired) electrons. The molecular weight excluding hydrogens is 556 g/mol. The number of alkyl halides is 6. The van der Waals surface area contributed by atoms with Crippen LogP contribution in [-0.4, -0.2) is 78.6 Å². The number of aromatic nitrogens is 4. The molecule has 0 unspecified atom stereocenters. The molecular formula is C23H19F6N5O6. The summed E-state index contributed by atoms with van der Waals surface area (Å²) in [7, 11) is 0. The minimum atomic E-state index is -5.08. The van der Waals surface area contributed by atoms with Crippen LogP contribution in [0.2, 0.25) is 0 Å². The standard InChI is InChI=1S/C19H17N5O2.2C2HF3O2/c25-18(26)15-12-14-4-10-24(19-21-6-1-7-22-19)11-5-16(14)23-17(15)13-2-8-20-9-3-13;2*3-2(4,5)1(6)7/h1-3,6-9,12H,4-5,10-11H2,(H,25,26);2*(H,6,7). The summed E-state index contributed by atoms with van der Waals surface area (Å²) in [6.07, 6.45) is -2.01. The molecule has 3 N–H and O–H groups in total. The van der Waals surface area contributed by atoms with Gasteiger partial charge in [0.2, 0.25) is 5.95 Å². The van der Waals surface area contributed by atoms with E-state index in [1.54, 1.807) is 49.1 Å². The van der Waals surface area contributed by atoms with Gasteiger partial charge in [-0.3, -0.25) is 9.97 Å². The number of rotatable bonds is 3. The molecule has 40 heavy (non-hydrogen) atoms. The zero-order valence-corrected chi connectivity index (χ0v) is 20.0. The van der Waals surface area contributed by atoms with E-state index in [1.807, 2.05) is 0 Å². The van der Waals surface area contributed by atoms with E-state index in [1.165, 1.54) is 0 Å². The maximum atomic E-state index is 11.8. The molecule has 1 aliphatic rings. The van der Waals surface area contributed by atoms with Crippen LogP contribution in [0.1, 0.15) is 21.6 Å². The number of carboxylic acids is 3. The predicted octanol–water partition coefficient (Wildman–Crippen LogP) is 3.50. The summed E-state index contributed by atoms with van der Waals surface area (Å²) in [4.78, 5) is 49.0. The number of aromatic carboxylic acids is 1. The number of fused-ring (bicyclic) bond motifs is 1. The topological polar surface area (TPSA) is 167 Å². The van der Waals surface area contributed by atoms with Crippen molar-refractivity contribution in [2.24, 2.45) is 0 Å². The zero-order chi connectivity index (χ0) is 30.1. The van der Waals surface area contributed by atoms with Crippen molar-refractivity contribution < 1.29 is 56.0 Å². The van der Waals surface area contributed by atoms with Gasteiger partial charge >= 0.3 is 30.3 Å². The van der Waals surface area contributed by atoms with Crippen molar-refractivity contribution in [3.8, 4) is 11.3 Å². The van der Waals surface area contributed by atoms with E-state index in [9.17, 15) is 36.2 Å². The summed E-state index contributed by atoms with van der Waals surface area (Å²) < 4.78 is 63.5. The fourth-order valence-electron chi connectivity index (χ4n) is 3.18. The van der Waals surface area contributed by atoms with E-state index >= 15 is 0 Å². The number of halogens is 6. The second-order valence-corrected chi connectivity index (χ2v) is 7.67. The number of anilines is 1. The largest absolute Gasteiger partial charge is 0.490 e. The molecule has 4 heterocycles. The van der Waals surface area contributed by atoms with Gasteiger partial charge in [0.05, 0.1) is 11.3 Å². The molecule has 0 bridgehead atoms. The Balaban J connectivity index is 0.000000333. The Kier molecular flexibility index (Phi) is 10.4. The van der Waals surface area contributed by atoms with Gasteiger partial charge in [-0.15, -0.1) is 0 Å².